The molecule has 0 unspecified atom stereocenters. The number of carbonyl (C=O) groups is 1. The van der Waals surface area contributed by atoms with E-state index in [1.807, 2.05) is 16.4 Å². The molecule has 1 aromatic heterocycles. The molecule has 0 saturated carbocycles. The average Bonchev–Trinajstić information content (AvgIpc) is 3.22. The Morgan fingerprint density at radius 2 is 2.17 bits per heavy atom. The number of nitrogens with one attached hydrogen (secondary N) is 1. The van der Waals surface area contributed by atoms with Crippen LogP contribution in [0.15, 0.2) is 0 Å². The van der Waals surface area contributed by atoms with Gasteiger partial charge in [0.05, 0.1) is 6.54 Å². The first-order chi connectivity index (χ1) is 11.7. The third kappa shape index (κ3) is 5.17. The fourth-order valence-corrected chi connectivity index (χ4v) is 4.42. The van der Waals surface area contributed by atoms with Crippen molar-refractivity contribution in [3.05, 3.63) is 5.82 Å². The number of rotatable bonds is 7. The molecule has 8 heteroatoms. The van der Waals surface area contributed by atoms with Gasteiger partial charge in [0.15, 0.2) is 5.82 Å². The zero-order chi connectivity index (χ0) is 16.8. The molecule has 3 rings (SSSR count). The van der Waals surface area contributed by atoms with Crippen molar-refractivity contribution >= 4 is 17.7 Å². The Kier molecular flexibility index (Phi) is 6.48. The molecule has 0 aromatic carbocycles. The maximum absolute atomic E-state index is 12.0. The highest BCUT2D eigenvalue weighted by Crippen LogP contribution is 2.18. The molecule has 1 amide bonds. The lowest BCUT2D eigenvalue weighted by atomic mass is 9.99. The first-order valence-electron chi connectivity index (χ1n) is 9.05. The third-order valence-corrected chi connectivity index (χ3v) is 6.08. The Labute approximate surface area is 147 Å². The van der Waals surface area contributed by atoms with Gasteiger partial charge < -0.3 is 5.32 Å². The largest absolute Gasteiger partial charge is 0.353 e. The third-order valence-electron chi connectivity index (χ3n) is 4.92. The van der Waals surface area contributed by atoms with E-state index in [-0.39, 0.29) is 5.91 Å². The summed E-state index contributed by atoms with van der Waals surface area (Å²) in [6.07, 6.45) is 4.92. The average molecular weight is 353 g/mol. The summed E-state index contributed by atoms with van der Waals surface area (Å²) in [4.78, 5) is 14.4. The number of carbonyl (C=O) groups excluding carboxylic acids is 1. The Balaban J connectivity index is 1.39. The molecule has 0 radical (unpaired) electrons. The van der Waals surface area contributed by atoms with Crippen molar-refractivity contribution in [2.75, 3.05) is 24.6 Å². The fraction of sp³-hybridized carbons (Fsp3) is 0.875. The normalized spacial score (nSPS) is 22.8. The summed E-state index contributed by atoms with van der Waals surface area (Å²) in [6, 6.07) is 0.368. The number of thioether (sulfide) groups is 1. The molecule has 24 heavy (non-hydrogen) atoms. The molecule has 1 N–H and O–H groups in total. The highest BCUT2D eigenvalue weighted by molar-refractivity contribution is 7.99. The zero-order valence-electron chi connectivity index (χ0n) is 14.5. The van der Waals surface area contributed by atoms with Gasteiger partial charge >= 0.3 is 0 Å². The van der Waals surface area contributed by atoms with E-state index < -0.39 is 0 Å². The molecule has 2 fully saturated rings. The predicted molar refractivity (Wildman–Crippen MR) is 94.6 cm³/mol. The molecule has 7 nitrogen and oxygen atoms in total. The molecule has 134 valence electrons. The van der Waals surface area contributed by atoms with Crippen LogP contribution in [0, 0.1) is 5.92 Å². The lowest BCUT2D eigenvalue weighted by Gasteiger charge is -2.29. The molecular formula is C16H28N6OS. The van der Waals surface area contributed by atoms with Gasteiger partial charge in [-0.15, -0.1) is 5.10 Å². The summed E-state index contributed by atoms with van der Waals surface area (Å²) in [5.74, 6) is 4.11. The minimum absolute atomic E-state index is 0.155. The first-order valence-corrected chi connectivity index (χ1v) is 10.2. The summed E-state index contributed by atoms with van der Waals surface area (Å²) in [7, 11) is 0. The lowest BCUT2D eigenvalue weighted by molar-refractivity contribution is -0.121. The zero-order valence-corrected chi connectivity index (χ0v) is 15.3. The van der Waals surface area contributed by atoms with Crippen LogP contribution >= 0.6 is 11.8 Å². The number of likely N-dealkylation sites (tertiary alicyclic amines) is 1. The quantitative estimate of drug-likeness (QED) is 0.797. The maximum Gasteiger partial charge on any atom is 0.220 e. The van der Waals surface area contributed by atoms with Gasteiger partial charge in [0.2, 0.25) is 5.91 Å². The molecule has 0 aliphatic carbocycles. The minimum atomic E-state index is 0.155. The standard InChI is InChI=1S/C16H28N6OS/c1-13-4-8-21(9-5-13)11-15-18-19-20-22(15)7-2-3-16(23)17-14-6-10-24-12-14/h13-14H,2-12H2,1H3,(H,17,23)/t14-/m0/s1. The second-order valence-corrected chi connectivity index (χ2v) is 8.16. The lowest BCUT2D eigenvalue weighted by Crippen LogP contribution is -2.34. The van der Waals surface area contributed by atoms with E-state index in [4.69, 9.17) is 0 Å². The van der Waals surface area contributed by atoms with Crippen LogP contribution < -0.4 is 5.32 Å². The van der Waals surface area contributed by atoms with Crippen molar-refractivity contribution < 1.29 is 4.79 Å². The number of amides is 1. The van der Waals surface area contributed by atoms with Crippen molar-refractivity contribution in [1.29, 1.82) is 0 Å². The summed E-state index contributed by atoms with van der Waals surface area (Å²) >= 11 is 1.91. The van der Waals surface area contributed by atoms with Gasteiger partial charge in [-0.05, 0) is 60.9 Å². The number of aryl methyl sites for hydroxylation is 1. The van der Waals surface area contributed by atoms with E-state index in [0.717, 1.165) is 55.7 Å². The number of tetrazole rings is 1. The van der Waals surface area contributed by atoms with E-state index in [9.17, 15) is 4.79 Å². The van der Waals surface area contributed by atoms with Gasteiger partial charge in [-0.3, -0.25) is 9.69 Å². The molecule has 0 bridgehead atoms. The second-order valence-electron chi connectivity index (χ2n) is 7.01. The molecule has 2 aliphatic rings. The van der Waals surface area contributed by atoms with Crippen molar-refractivity contribution in [3.8, 4) is 0 Å². The predicted octanol–water partition coefficient (Wildman–Crippen LogP) is 1.31. The monoisotopic (exact) mass is 352 g/mol. The van der Waals surface area contributed by atoms with E-state index in [1.54, 1.807) is 0 Å². The highest BCUT2D eigenvalue weighted by atomic mass is 32.2. The molecule has 2 aliphatic heterocycles. The van der Waals surface area contributed by atoms with Crippen LogP contribution in [0.2, 0.25) is 0 Å². The Bertz CT molecular complexity index is 522. The molecular weight excluding hydrogens is 324 g/mol. The van der Waals surface area contributed by atoms with Crippen LogP contribution in [-0.4, -0.2) is 61.7 Å². The molecule has 1 aromatic rings. The van der Waals surface area contributed by atoms with E-state index >= 15 is 0 Å². The van der Waals surface area contributed by atoms with Crippen LogP contribution in [0.25, 0.3) is 0 Å². The summed E-state index contributed by atoms with van der Waals surface area (Å²) in [5.41, 5.74) is 0. The van der Waals surface area contributed by atoms with Gasteiger partial charge in [-0.25, -0.2) is 4.68 Å². The van der Waals surface area contributed by atoms with Crippen molar-refractivity contribution in [2.45, 2.75) is 58.2 Å². The Morgan fingerprint density at radius 3 is 2.92 bits per heavy atom. The number of nitrogens with zero attached hydrogens (tertiary/aromatic N) is 5. The summed E-state index contributed by atoms with van der Waals surface area (Å²) in [5, 5.41) is 15.2. The number of hydrogen-bond acceptors (Lipinski definition) is 6. The van der Waals surface area contributed by atoms with Crippen molar-refractivity contribution in [3.63, 3.8) is 0 Å². The van der Waals surface area contributed by atoms with Gasteiger partial charge in [0, 0.05) is 24.8 Å². The molecule has 1 atom stereocenters. The van der Waals surface area contributed by atoms with Crippen molar-refractivity contribution in [1.82, 2.24) is 30.4 Å². The van der Waals surface area contributed by atoms with Crippen LogP contribution in [0.1, 0.15) is 44.9 Å². The van der Waals surface area contributed by atoms with Crippen molar-refractivity contribution in [2.24, 2.45) is 5.92 Å². The molecule has 3 heterocycles. The van der Waals surface area contributed by atoms with E-state index in [2.05, 4.69) is 32.7 Å². The van der Waals surface area contributed by atoms with E-state index in [1.165, 1.54) is 12.8 Å². The topological polar surface area (TPSA) is 75.9 Å². The minimum Gasteiger partial charge on any atom is -0.353 e. The van der Waals surface area contributed by atoms with Crippen LogP contribution in [0.4, 0.5) is 0 Å². The van der Waals surface area contributed by atoms with Gasteiger partial charge in [0.25, 0.3) is 0 Å². The van der Waals surface area contributed by atoms with Crippen LogP contribution in [-0.2, 0) is 17.9 Å². The second kappa shape index (κ2) is 8.80. The number of piperidine rings is 1. The highest BCUT2D eigenvalue weighted by Gasteiger charge is 2.19. The molecule has 2 saturated heterocycles. The van der Waals surface area contributed by atoms with Gasteiger partial charge in [-0.1, -0.05) is 6.92 Å². The van der Waals surface area contributed by atoms with Gasteiger partial charge in [0.1, 0.15) is 0 Å². The Hall–Kier alpha value is -1.15. The van der Waals surface area contributed by atoms with Crippen LogP contribution in [0.3, 0.4) is 0 Å². The van der Waals surface area contributed by atoms with Crippen LogP contribution in [0.5, 0.6) is 0 Å². The number of hydrogen-bond donors (Lipinski definition) is 1. The summed E-state index contributed by atoms with van der Waals surface area (Å²) < 4.78 is 1.86. The van der Waals surface area contributed by atoms with E-state index in [0.29, 0.717) is 19.0 Å². The number of aromatic nitrogens is 4. The molecule has 0 spiro atoms. The van der Waals surface area contributed by atoms with Gasteiger partial charge in [-0.2, -0.15) is 11.8 Å². The maximum atomic E-state index is 12.0. The first kappa shape index (κ1) is 17.7. The SMILES string of the molecule is CC1CCN(Cc2nnnn2CCCC(=O)N[C@H]2CCSC2)CC1. The smallest absolute Gasteiger partial charge is 0.220 e. The fourth-order valence-electron chi connectivity index (χ4n) is 3.27. The Morgan fingerprint density at radius 1 is 1.33 bits per heavy atom. The summed E-state index contributed by atoms with van der Waals surface area (Å²) in [6.45, 7) is 6.08.